The van der Waals surface area contributed by atoms with Gasteiger partial charge >= 0.3 is 6.18 Å². The molecule has 18 heavy (non-hydrogen) atoms. The van der Waals surface area contributed by atoms with Crippen LogP contribution in [-0.2, 0) is 6.18 Å². The summed E-state index contributed by atoms with van der Waals surface area (Å²) < 4.78 is 37.6. The Morgan fingerprint density at radius 1 is 1.33 bits per heavy atom. The number of hydrogen-bond donors (Lipinski definition) is 1. The zero-order valence-corrected chi connectivity index (χ0v) is 10.8. The van der Waals surface area contributed by atoms with Gasteiger partial charge in [0.25, 0.3) is 0 Å². The topological polar surface area (TPSA) is 12.0 Å². The van der Waals surface area contributed by atoms with Crippen LogP contribution >= 0.6 is 11.6 Å². The fourth-order valence-corrected chi connectivity index (χ4v) is 2.80. The molecule has 2 unspecified atom stereocenters. The third-order valence-corrected chi connectivity index (χ3v) is 3.84. The summed E-state index contributed by atoms with van der Waals surface area (Å²) in [5.41, 5.74) is 0.150. The summed E-state index contributed by atoms with van der Waals surface area (Å²) in [5, 5.41) is 3.49. The van der Waals surface area contributed by atoms with Crippen LogP contribution in [-0.4, -0.2) is 13.1 Å². The summed E-state index contributed by atoms with van der Waals surface area (Å²) in [6, 6.07) is 3.68. The third kappa shape index (κ3) is 2.81. The number of piperidine rings is 1. The van der Waals surface area contributed by atoms with Gasteiger partial charge in [0.05, 0.1) is 5.56 Å². The predicted molar refractivity (Wildman–Crippen MR) is 65.8 cm³/mol. The van der Waals surface area contributed by atoms with Crippen LogP contribution in [0.4, 0.5) is 13.2 Å². The van der Waals surface area contributed by atoms with Crippen molar-refractivity contribution in [3.8, 4) is 0 Å². The van der Waals surface area contributed by atoms with Crippen molar-refractivity contribution in [2.45, 2.75) is 25.4 Å². The molecule has 1 aliphatic rings. The molecule has 100 valence electrons. The first-order valence-corrected chi connectivity index (χ1v) is 6.34. The van der Waals surface area contributed by atoms with Crippen LogP contribution in [0, 0.1) is 5.92 Å². The smallest absolute Gasteiger partial charge is 0.316 e. The van der Waals surface area contributed by atoms with E-state index in [1.54, 1.807) is 0 Å². The number of benzene rings is 1. The average Bonchev–Trinajstić information content (AvgIpc) is 2.29. The largest absolute Gasteiger partial charge is 0.416 e. The van der Waals surface area contributed by atoms with E-state index in [4.69, 9.17) is 11.6 Å². The molecule has 5 heteroatoms. The number of nitrogens with one attached hydrogen (secondary N) is 1. The van der Waals surface area contributed by atoms with Crippen molar-refractivity contribution in [2.75, 3.05) is 13.1 Å². The highest BCUT2D eigenvalue weighted by Gasteiger charge is 2.32. The average molecular weight is 278 g/mol. The summed E-state index contributed by atoms with van der Waals surface area (Å²) in [7, 11) is 0. The van der Waals surface area contributed by atoms with Crippen molar-refractivity contribution in [3.63, 3.8) is 0 Å². The molecule has 1 aromatic carbocycles. The first-order valence-electron chi connectivity index (χ1n) is 5.97. The van der Waals surface area contributed by atoms with Gasteiger partial charge in [0.2, 0.25) is 0 Å². The fraction of sp³-hybridized carbons (Fsp3) is 0.538. The maximum atomic E-state index is 12.5. The summed E-state index contributed by atoms with van der Waals surface area (Å²) in [4.78, 5) is 0. The van der Waals surface area contributed by atoms with Crippen molar-refractivity contribution in [2.24, 2.45) is 5.92 Å². The van der Waals surface area contributed by atoms with Gasteiger partial charge in [-0.05, 0) is 49.0 Å². The molecule has 1 nitrogen and oxygen atoms in total. The van der Waals surface area contributed by atoms with E-state index < -0.39 is 11.7 Å². The van der Waals surface area contributed by atoms with E-state index in [9.17, 15) is 13.2 Å². The number of alkyl halides is 3. The number of halogens is 4. The zero-order valence-electron chi connectivity index (χ0n) is 10.0. The maximum Gasteiger partial charge on any atom is 0.416 e. The standard InChI is InChI=1S/C13H15ClF3N/c1-8-7-18-5-4-10(8)11-3-2-9(6-12(11)14)13(15,16)17/h2-3,6,8,10,18H,4-5,7H2,1H3. The van der Waals surface area contributed by atoms with E-state index in [1.807, 2.05) is 0 Å². The lowest BCUT2D eigenvalue weighted by Gasteiger charge is -2.30. The Balaban J connectivity index is 2.29. The Morgan fingerprint density at radius 3 is 2.61 bits per heavy atom. The zero-order chi connectivity index (χ0) is 13.3. The molecule has 2 atom stereocenters. The van der Waals surface area contributed by atoms with Crippen LogP contribution in [0.25, 0.3) is 0 Å². The SMILES string of the molecule is CC1CNCCC1c1ccc(C(F)(F)F)cc1Cl. The second-order valence-corrected chi connectivity index (χ2v) is 5.22. The van der Waals surface area contributed by atoms with Crippen LogP contribution in [0.1, 0.15) is 30.4 Å². The molecule has 1 saturated heterocycles. The molecular formula is C13H15ClF3N. The summed E-state index contributed by atoms with van der Waals surface area (Å²) in [6.45, 7) is 3.85. The Hall–Kier alpha value is -0.740. The molecule has 0 aromatic heterocycles. The minimum Gasteiger partial charge on any atom is -0.316 e. The molecular weight excluding hydrogens is 263 g/mol. The molecule has 0 bridgehead atoms. The molecule has 0 spiro atoms. The van der Waals surface area contributed by atoms with E-state index in [0.29, 0.717) is 5.92 Å². The van der Waals surface area contributed by atoms with Crippen molar-refractivity contribution in [1.29, 1.82) is 0 Å². The quantitative estimate of drug-likeness (QED) is 0.816. The van der Waals surface area contributed by atoms with Gasteiger partial charge in [-0.2, -0.15) is 13.2 Å². The molecule has 0 radical (unpaired) electrons. The first-order chi connectivity index (χ1) is 8.39. The first kappa shape index (κ1) is 13.7. The third-order valence-electron chi connectivity index (χ3n) is 3.51. The molecule has 0 amide bonds. The molecule has 1 fully saturated rings. The van der Waals surface area contributed by atoms with Crippen molar-refractivity contribution < 1.29 is 13.2 Å². The van der Waals surface area contributed by atoms with Crippen LogP contribution in [0.3, 0.4) is 0 Å². The highest BCUT2D eigenvalue weighted by Crippen LogP contribution is 2.38. The number of hydrogen-bond acceptors (Lipinski definition) is 1. The second-order valence-electron chi connectivity index (χ2n) is 4.81. The molecule has 2 rings (SSSR count). The van der Waals surface area contributed by atoms with E-state index in [2.05, 4.69) is 12.2 Å². The normalized spacial score (nSPS) is 25.2. The fourth-order valence-electron chi connectivity index (χ4n) is 2.48. The summed E-state index contributed by atoms with van der Waals surface area (Å²) in [6.07, 6.45) is -3.42. The monoisotopic (exact) mass is 277 g/mol. The van der Waals surface area contributed by atoms with Crippen molar-refractivity contribution in [3.05, 3.63) is 34.3 Å². The minimum atomic E-state index is -4.33. The van der Waals surface area contributed by atoms with Crippen LogP contribution in [0.15, 0.2) is 18.2 Å². The van der Waals surface area contributed by atoms with E-state index in [0.717, 1.165) is 37.2 Å². The van der Waals surface area contributed by atoms with Gasteiger partial charge in [-0.3, -0.25) is 0 Å². The summed E-state index contributed by atoms with van der Waals surface area (Å²) in [5.74, 6) is 0.619. The highest BCUT2D eigenvalue weighted by molar-refractivity contribution is 6.31. The molecule has 1 heterocycles. The lowest BCUT2D eigenvalue weighted by Crippen LogP contribution is -2.33. The summed E-state index contributed by atoms with van der Waals surface area (Å²) >= 11 is 6.01. The number of rotatable bonds is 1. The Bertz CT molecular complexity index is 431. The van der Waals surface area contributed by atoms with Gasteiger partial charge in [-0.15, -0.1) is 0 Å². The molecule has 1 aliphatic heterocycles. The lowest BCUT2D eigenvalue weighted by molar-refractivity contribution is -0.137. The van der Waals surface area contributed by atoms with E-state index in [1.165, 1.54) is 6.07 Å². The van der Waals surface area contributed by atoms with Crippen LogP contribution in [0.5, 0.6) is 0 Å². The van der Waals surface area contributed by atoms with Gasteiger partial charge in [-0.25, -0.2) is 0 Å². The van der Waals surface area contributed by atoms with Gasteiger partial charge in [0.15, 0.2) is 0 Å². The molecule has 0 saturated carbocycles. The predicted octanol–water partition coefficient (Wildman–Crippen LogP) is 4.07. The van der Waals surface area contributed by atoms with Crippen LogP contribution in [0.2, 0.25) is 5.02 Å². The lowest BCUT2D eigenvalue weighted by atomic mass is 9.82. The Morgan fingerprint density at radius 2 is 2.06 bits per heavy atom. The minimum absolute atomic E-state index is 0.226. The van der Waals surface area contributed by atoms with Crippen molar-refractivity contribution >= 4 is 11.6 Å². The highest BCUT2D eigenvalue weighted by atomic mass is 35.5. The molecule has 0 aliphatic carbocycles. The second kappa shape index (κ2) is 5.10. The van der Waals surface area contributed by atoms with Crippen molar-refractivity contribution in [1.82, 2.24) is 5.32 Å². The molecule has 1 aromatic rings. The molecule has 1 N–H and O–H groups in total. The van der Waals surface area contributed by atoms with Gasteiger partial charge in [-0.1, -0.05) is 24.6 Å². The van der Waals surface area contributed by atoms with Gasteiger partial charge in [0.1, 0.15) is 0 Å². The maximum absolute atomic E-state index is 12.5. The van der Waals surface area contributed by atoms with Gasteiger partial charge < -0.3 is 5.32 Å². The Labute approximate surface area is 109 Å². The van der Waals surface area contributed by atoms with E-state index in [-0.39, 0.29) is 10.9 Å². The van der Waals surface area contributed by atoms with Gasteiger partial charge in [0, 0.05) is 5.02 Å². The Kier molecular flexibility index (Phi) is 3.87. The van der Waals surface area contributed by atoms with E-state index >= 15 is 0 Å². The van der Waals surface area contributed by atoms with Crippen LogP contribution < -0.4 is 5.32 Å².